The van der Waals surface area contributed by atoms with Crippen LogP contribution in [0.1, 0.15) is 24.8 Å². The maximum atomic E-state index is 12.8. The van der Waals surface area contributed by atoms with E-state index in [-0.39, 0.29) is 5.82 Å². The Hall–Kier alpha value is -0.440. The first-order valence-corrected chi connectivity index (χ1v) is 5.91. The van der Waals surface area contributed by atoms with Crippen LogP contribution in [0.5, 0.6) is 0 Å². The lowest BCUT2D eigenvalue weighted by molar-refractivity contribution is 0.615. The Balaban J connectivity index is 1.84. The average Bonchev–Trinajstić information content (AvgIpc) is 2.97. The molecule has 1 aliphatic rings. The molecule has 1 heterocycles. The lowest BCUT2D eigenvalue weighted by Crippen LogP contribution is -2.02. The van der Waals surface area contributed by atoms with Gasteiger partial charge in [0.1, 0.15) is 5.82 Å². The second-order valence-corrected chi connectivity index (χ2v) is 5.08. The molecule has 1 unspecified atom stereocenters. The first-order valence-electron chi connectivity index (χ1n) is 4.99. The van der Waals surface area contributed by atoms with E-state index in [2.05, 4.69) is 20.9 Å². The van der Waals surface area contributed by atoms with Crippen molar-refractivity contribution in [1.29, 1.82) is 0 Å². The molecule has 0 aliphatic heterocycles. The normalized spacial score (nSPS) is 18.1. The molecule has 3 heteroatoms. The van der Waals surface area contributed by atoms with Crippen LogP contribution in [0, 0.1) is 11.7 Å². The van der Waals surface area contributed by atoms with Gasteiger partial charge in [0.05, 0.1) is 6.20 Å². The lowest BCUT2D eigenvalue weighted by atomic mass is 10.1. The number of hydrogen-bond donors (Lipinski definition) is 0. The topological polar surface area (TPSA) is 12.9 Å². The van der Waals surface area contributed by atoms with E-state index in [1.54, 1.807) is 12.3 Å². The zero-order chi connectivity index (χ0) is 9.97. The van der Waals surface area contributed by atoms with E-state index in [0.29, 0.717) is 4.83 Å². The molecule has 0 spiro atoms. The number of hydrogen-bond acceptors (Lipinski definition) is 1. The number of rotatable bonds is 4. The number of pyridine rings is 1. The third-order valence-corrected chi connectivity index (χ3v) is 3.81. The maximum absolute atomic E-state index is 12.8. The molecule has 1 aromatic rings. The van der Waals surface area contributed by atoms with Crippen molar-refractivity contribution in [1.82, 2.24) is 4.98 Å². The van der Waals surface area contributed by atoms with Gasteiger partial charge in [-0.3, -0.25) is 4.98 Å². The van der Waals surface area contributed by atoms with Crippen molar-refractivity contribution in [2.75, 3.05) is 0 Å². The SMILES string of the molecule is Fc1cncc(CCC(Br)C2CC2)c1. The Bertz CT molecular complexity index is 312. The maximum Gasteiger partial charge on any atom is 0.141 e. The molecule has 14 heavy (non-hydrogen) atoms. The highest BCUT2D eigenvalue weighted by molar-refractivity contribution is 9.09. The minimum Gasteiger partial charge on any atom is -0.261 e. The molecule has 0 radical (unpaired) electrons. The highest BCUT2D eigenvalue weighted by atomic mass is 79.9. The van der Waals surface area contributed by atoms with Gasteiger partial charge in [-0.05, 0) is 43.2 Å². The molecular formula is C11H13BrFN. The standard InChI is InChI=1S/C11H13BrFN/c12-11(9-2-3-9)4-1-8-5-10(13)7-14-6-8/h5-7,9,11H,1-4H2. The van der Waals surface area contributed by atoms with E-state index >= 15 is 0 Å². The van der Waals surface area contributed by atoms with Gasteiger partial charge in [-0.2, -0.15) is 0 Å². The smallest absolute Gasteiger partial charge is 0.141 e. The molecule has 0 N–H and O–H groups in total. The van der Waals surface area contributed by atoms with Crippen LogP contribution in [0.15, 0.2) is 18.5 Å². The first-order chi connectivity index (χ1) is 6.75. The van der Waals surface area contributed by atoms with E-state index < -0.39 is 0 Å². The summed E-state index contributed by atoms with van der Waals surface area (Å²) in [6.45, 7) is 0. The summed E-state index contributed by atoms with van der Waals surface area (Å²) in [6.07, 6.45) is 7.67. The van der Waals surface area contributed by atoms with E-state index in [0.717, 1.165) is 24.3 Å². The molecule has 0 aromatic carbocycles. The summed E-state index contributed by atoms with van der Waals surface area (Å²) in [4.78, 5) is 4.43. The predicted octanol–water partition coefficient (Wildman–Crippen LogP) is 3.33. The van der Waals surface area contributed by atoms with E-state index in [4.69, 9.17) is 0 Å². The summed E-state index contributed by atoms with van der Waals surface area (Å²) in [7, 11) is 0. The van der Waals surface area contributed by atoms with Gasteiger partial charge in [0.2, 0.25) is 0 Å². The summed E-state index contributed by atoms with van der Waals surface area (Å²) >= 11 is 3.67. The van der Waals surface area contributed by atoms with Crippen LogP contribution in [0.3, 0.4) is 0 Å². The molecule has 1 aromatic heterocycles. The number of halogens is 2. The van der Waals surface area contributed by atoms with E-state index in [1.165, 1.54) is 19.0 Å². The van der Waals surface area contributed by atoms with Gasteiger partial charge in [0.25, 0.3) is 0 Å². The van der Waals surface area contributed by atoms with Gasteiger partial charge < -0.3 is 0 Å². The average molecular weight is 258 g/mol. The third-order valence-electron chi connectivity index (χ3n) is 2.60. The van der Waals surface area contributed by atoms with Crippen LogP contribution in [0.4, 0.5) is 4.39 Å². The van der Waals surface area contributed by atoms with Gasteiger partial charge in [-0.25, -0.2) is 4.39 Å². The van der Waals surface area contributed by atoms with Gasteiger partial charge in [-0.1, -0.05) is 15.9 Å². The second kappa shape index (κ2) is 4.39. The second-order valence-electron chi connectivity index (χ2n) is 3.90. The van der Waals surface area contributed by atoms with Crippen LogP contribution < -0.4 is 0 Å². The van der Waals surface area contributed by atoms with Gasteiger partial charge in [-0.15, -0.1) is 0 Å². The van der Waals surface area contributed by atoms with Crippen molar-refractivity contribution in [3.63, 3.8) is 0 Å². The minimum atomic E-state index is -0.236. The fourth-order valence-electron chi connectivity index (χ4n) is 1.59. The van der Waals surface area contributed by atoms with Crippen LogP contribution >= 0.6 is 15.9 Å². The fourth-order valence-corrected chi connectivity index (χ4v) is 2.35. The molecule has 1 nitrogen and oxygen atoms in total. The van der Waals surface area contributed by atoms with Crippen LogP contribution in [-0.4, -0.2) is 9.81 Å². The Kier molecular flexibility index (Phi) is 3.16. The highest BCUT2D eigenvalue weighted by Crippen LogP contribution is 2.38. The van der Waals surface area contributed by atoms with Crippen LogP contribution in [0.25, 0.3) is 0 Å². The Morgan fingerprint density at radius 3 is 2.93 bits per heavy atom. The minimum absolute atomic E-state index is 0.236. The Labute approximate surface area is 91.9 Å². The molecule has 76 valence electrons. The van der Waals surface area contributed by atoms with Crippen LogP contribution in [0.2, 0.25) is 0 Å². The summed E-state index contributed by atoms with van der Waals surface area (Å²) in [6, 6.07) is 1.57. The molecule has 2 rings (SSSR count). The Morgan fingerprint density at radius 1 is 1.50 bits per heavy atom. The largest absolute Gasteiger partial charge is 0.261 e. The third kappa shape index (κ3) is 2.77. The monoisotopic (exact) mass is 257 g/mol. The van der Waals surface area contributed by atoms with Crippen molar-refractivity contribution >= 4 is 15.9 Å². The number of nitrogens with zero attached hydrogens (tertiary/aromatic N) is 1. The van der Waals surface area contributed by atoms with E-state index in [9.17, 15) is 4.39 Å². The zero-order valence-corrected chi connectivity index (χ0v) is 9.50. The number of aromatic nitrogens is 1. The van der Waals surface area contributed by atoms with Crippen molar-refractivity contribution in [2.24, 2.45) is 5.92 Å². The molecule has 1 saturated carbocycles. The summed E-state index contributed by atoms with van der Waals surface area (Å²) in [5.41, 5.74) is 0.995. The summed E-state index contributed by atoms with van der Waals surface area (Å²) < 4.78 is 12.8. The van der Waals surface area contributed by atoms with Crippen molar-refractivity contribution in [3.05, 3.63) is 29.8 Å². The van der Waals surface area contributed by atoms with Crippen LogP contribution in [-0.2, 0) is 6.42 Å². The molecule has 1 aliphatic carbocycles. The van der Waals surface area contributed by atoms with Crippen molar-refractivity contribution in [3.8, 4) is 0 Å². The highest BCUT2D eigenvalue weighted by Gasteiger charge is 2.28. The summed E-state index contributed by atoms with van der Waals surface area (Å²) in [5, 5.41) is 0. The zero-order valence-electron chi connectivity index (χ0n) is 7.92. The number of aryl methyl sites for hydroxylation is 1. The molecule has 0 bridgehead atoms. The molecular weight excluding hydrogens is 245 g/mol. The van der Waals surface area contributed by atoms with E-state index in [1.807, 2.05) is 0 Å². The van der Waals surface area contributed by atoms with Gasteiger partial charge in [0, 0.05) is 11.0 Å². The molecule has 0 saturated heterocycles. The molecule has 0 amide bonds. The summed E-state index contributed by atoms with van der Waals surface area (Å²) in [5.74, 6) is 0.622. The van der Waals surface area contributed by atoms with Crippen molar-refractivity contribution in [2.45, 2.75) is 30.5 Å². The Morgan fingerprint density at radius 2 is 2.29 bits per heavy atom. The fraction of sp³-hybridized carbons (Fsp3) is 0.545. The number of alkyl halides is 1. The van der Waals surface area contributed by atoms with Crippen molar-refractivity contribution < 1.29 is 4.39 Å². The first kappa shape index (κ1) is 10.1. The predicted molar refractivity (Wildman–Crippen MR) is 58.0 cm³/mol. The lowest BCUT2D eigenvalue weighted by Gasteiger charge is -2.07. The van der Waals surface area contributed by atoms with Gasteiger partial charge >= 0.3 is 0 Å². The van der Waals surface area contributed by atoms with Gasteiger partial charge in [0.15, 0.2) is 0 Å². The molecule has 1 fully saturated rings. The molecule has 1 atom stereocenters. The quantitative estimate of drug-likeness (QED) is 0.755.